The van der Waals surface area contributed by atoms with Gasteiger partial charge in [-0.3, -0.25) is 9.69 Å². The smallest absolute Gasteiger partial charge is 0.271 e. The van der Waals surface area contributed by atoms with Crippen molar-refractivity contribution in [3.63, 3.8) is 0 Å². The number of rotatable bonds is 2. The van der Waals surface area contributed by atoms with Crippen molar-refractivity contribution in [2.24, 2.45) is 5.92 Å². The fourth-order valence-corrected chi connectivity index (χ4v) is 3.36. The van der Waals surface area contributed by atoms with Gasteiger partial charge in [-0.2, -0.15) is 0 Å². The molecule has 3 rings (SSSR count). The van der Waals surface area contributed by atoms with E-state index in [0.717, 1.165) is 11.0 Å². The molecule has 1 saturated carbocycles. The molecule has 1 aliphatic carbocycles. The number of fused-ring (bicyclic) bond motifs is 1. The fourth-order valence-electron chi connectivity index (χ4n) is 3.05. The summed E-state index contributed by atoms with van der Waals surface area (Å²) >= 11 is 3.41. The van der Waals surface area contributed by atoms with E-state index < -0.39 is 5.60 Å². The number of carbonyl (C=O) groups is 1. The predicted octanol–water partition coefficient (Wildman–Crippen LogP) is 3.54. The summed E-state index contributed by atoms with van der Waals surface area (Å²) in [6.45, 7) is 4.40. The second-order valence-corrected chi connectivity index (χ2v) is 7.07. The number of pyridine rings is 1. The number of carbonyl (C=O) groups excluding carboxylic acids is 1. The molecule has 0 atom stereocenters. The minimum absolute atomic E-state index is 0.00622. The normalized spacial score (nSPS) is 21.8. The van der Waals surface area contributed by atoms with Crippen LogP contribution < -0.4 is 9.64 Å². The highest BCUT2D eigenvalue weighted by atomic mass is 79.9. The SMILES string of the molecule is CC1(C)Oc2cc(Br)cnc2N(CC2CCCC2)C1=O. The Balaban J connectivity index is 1.96. The molecule has 108 valence electrons. The molecule has 0 radical (unpaired) electrons. The van der Waals surface area contributed by atoms with Crippen LogP contribution in [0.25, 0.3) is 0 Å². The van der Waals surface area contributed by atoms with Gasteiger partial charge in [-0.15, -0.1) is 0 Å². The first kappa shape index (κ1) is 13.9. The summed E-state index contributed by atoms with van der Waals surface area (Å²) in [6, 6.07) is 1.89. The molecule has 0 N–H and O–H groups in total. The van der Waals surface area contributed by atoms with Gasteiger partial charge in [0.1, 0.15) is 0 Å². The molecule has 0 unspecified atom stereocenters. The Morgan fingerprint density at radius 1 is 1.45 bits per heavy atom. The van der Waals surface area contributed by atoms with Gasteiger partial charge in [0.05, 0.1) is 0 Å². The van der Waals surface area contributed by atoms with Crippen molar-refractivity contribution >= 4 is 27.7 Å². The Kier molecular flexibility index (Phi) is 3.48. The van der Waals surface area contributed by atoms with Crippen molar-refractivity contribution < 1.29 is 9.53 Å². The molecule has 1 amide bonds. The molecular formula is C15H19BrN2O2. The van der Waals surface area contributed by atoms with Gasteiger partial charge in [-0.1, -0.05) is 12.8 Å². The average molecular weight is 339 g/mol. The molecule has 0 saturated heterocycles. The third-order valence-electron chi connectivity index (χ3n) is 4.10. The molecule has 1 aliphatic heterocycles. The van der Waals surface area contributed by atoms with E-state index in [1.165, 1.54) is 25.7 Å². The van der Waals surface area contributed by atoms with Crippen molar-refractivity contribution in [3.8, 4) is 5.75 Å². The van der Waals surface area contributed by atoms with Crippen LogP contribution in [0.2, 0.25) is 0 Å². The highest BCUT2D eigenvalue weighted by Gasteiger charge is 2.42. The lowest BCUT2D eigenvalue weighted by Gasteiger charge is -2.38. The number of halogens is 1. The maximum Gasteiger partial charge on any atom is 0.271 e. The standard InChI is InChI=1S/C15H19BrN2O2/c1-15(2)14(19)18(9-10-5-3-4-6-10)13-12(20-15)7-11(16)8-17-13/h7-8,10H,3-6,9H2,1-2H3. The number of hydrogen-bond acceptors (Lipinski definition) is 3. The van der Waals surface area contributed by atoms with Crippen molar-refractivity contribution in [1.82, 2.24) is 4.98 Å². The molecule has 2 aliphatic rings. The second kappa shape index (κ2) is 5.02. The van der Waals surface area contributed by atoms with Gasteiger partial charge in [0.25, 0.3) is 5.91 Å². The molecule has 5 heteroatoms. The lowest BCUT2D eigenvalue weighted by atomic mass is 10.0. The van der Waals surface area contributed by atoms with Crippen LogP contribution in [0.15, 0.2) is 16.7 Å². The zero-order chi connectivity index (χ0) is 14.3. The van der Waals surface area contributed by atoms with Crippen LogP contribution in [-0.4, -0.2) is 23.0 Å². The van der Waals surface area contributed by atoms with Gasteiger partial charge >= 0.3 is 0 Å². The number of nitrogens with zero attached hydrogens (tertiary/aromatic N) is 2. The molecule has 0 bridgehead atoms. The van der Waals surface area contributed by atoms with E-state index in [0.29, 0.717) is 17.5 Å². The molecular weight excluding hydrogens is 320 g/mol. The van der Waals surface area contributed by atoms with Crippen LogP contribution in [0.1, 0.15) is 39.5 Å². The molecule has 1 fully saturated rings. The van der Waals surface area contributed by atoms with E-state index in [-0.39, 0.29) is 5.91 Å². The van der Waals surface area contributed by atoms with Gasteiger partial charge in [0.2, 0.25) is 0 Å². The van der Waals surface area contributed by atoms with Crippen molar-refractivity contribution in [1.29, 1.82) is 0 Å². The van der Waals surface area contributed by atoms with Gasteiger partial charge < -0.3 is 4.74 Å². The molecule has 20 heavy (non-hydrogen) atoms. The number of anilines is 1. The summed E-state index contributed by atoms with van der Waals surface area (Å²) in [5, 5.41) is 0. The van der Waals surface area contributed by atoms with Crippen molar-refractivity contribution in [3.05, 3.63) is 16.7 Å². The molecule has 4 nitrogen and oxygen atoms in total. The summed E-state index contributed by atoms with van der Waals surface area (Å²) < 4.78 is 6.69. The highest BCUT2D eigenvalue weighted by molar-refractivity contribution is 9.10. The van der Waals surface area contributed by atoms with E-state index in [1.807, 2.05) is 24.8 Å². The third kappa shape index (κ3) is 2.43. The summed E-state index contributed by atoms with van der Waals surface area (Å²) in [5.74, 6) is 1.93. The lowest BCUT2D eigenvalue weighted by molar-refractivity contribution is -0.133. The van der Waals surface area contributed by atoms with E-state index in [9.17, 15) is 4.79 Å². The van der Waals surface area contributed by atoms with E-state index in [1.54, 1.807) is 6.20 Å². The zero-order valence-corrected chi connectivity index (χ0v) is 13.4. The van der Waals surface area contributed by atoms with E-state index >= 15 is 0 Å². The Labute approximate surface area is 127 Å². The Hall–Kier alpha value is -1.10. The van der Waals surface area contributed by atoms with E-state index in [4.69, 9.17) is 4.74 Å². The van der Waals surface area contributed by atoms with Crippen molar-refractivity contribution in [2.75, 3.05) is 11.4 Å². The maximum atomic E-state index is 12.6. The molecule has 2 heterocycles. The van der Waals surface area contributed by atoms with Gasteiger partial charge in [0.15, 0.2) is 17.2 Å². The summed E-state index contributed by atoms with van der Waals surface area (Å²) in [7, 11) is 0. The van der Waals surface area contributed by atoms with Crippen LogP contribution in [0.3, 0.4) is 0 Å². The third-order valence-corrected chi connectivity index (χ3v) is 4.53. The number of amides is 1. The monoisotopic (exact) mass is 338 g/mol. The first-order chi connectivity index (χ1) is 9.47. The Bertz CT molecular complexity index is 539. The predicted molar refractivity (Wildman–Crippen MR) is 81.0 cm³/mol. The first-order valence-electron chi connectivity index (χ1n) is 7.14. The van der Waals surface area contributed by atoms with Gasteiger partial charge in [-0.25, -0.2) is 4.98 Å². The van der Waals surface area contributed by atoms with Crippen LogP contribution in [-0.2, 0) is 4.79 Å². The number of ether oxygens (including phenoxy) is 1. The van der Waals surface area contributed by atoms with Crippen LogP contribution in [0, 0.1) is 5.92 Å². The van der Waals surface area contributed by atoms with E-state index in [2.05, 4.69) is 20.9 Å². The average Bonchev–Trinajstić information content (AvgIpc) is 2.87. The van der Waals surface area contributed by atoms with Crippen LogP contribution >= 0.6 is 15.9 Å². The largest absolute Gasteiger partial charge is 0.474 e. The Morgan fingerprint density at radius 3 is 2.85 bits per heavy atom. The zero-order valence-electron chi connectivity index (χ0n) is 11.9. The Morgan fingerprint density at radius 2 is 2.15 bits per heavy atom. The molecule has 0 aromatic carbocycles. The topological polar surface area (TPSA) is 42.4 Å². The molecule has 1 aromatic rings. The first-order valence-corrected chi connectivity index (χ1v) is 7.93. The van der Waals surface area contributed by atoms with Crippen LogP contribution in [0.5, 0.6) is 5.75 Å². The van der Waals surface area contributed by atoms with Crippen LogP contribution in [0.4, 0.5) is 5.82 Å². The summed E-state index contributed by atoms with van der Waals surface area (Å²) in [6.07, 6.45) is 6.67. The quantitative estimate of drug-likeness (QED) is 0.828. The number of hydrogen-bond donors (Lipinski definition) is 0. The van der Waals surface area contributed by atoms with Gasteiger partial charge in [-0.05, 0) is 54.6 Å². The van der Waals surface area contributed by atoms with Gasteiger partial charge in [0, 0.05) is 17.2 Å². The van der Waals surface area contributed by atoms with Crippen molar-refractivity contribution in [2.45, 2.75) is 45.1 Å². The summed E-state index contributed by atoms with van der Waals surface area (Å²) in [5.41, 5.74) is -0.825. The minimum Gasteiger partial charge on any atom is -0.474 e. The minimum atomic E-state index is -0.825. The summed E-state index contributed by atoms with van der Waals surface area (Å²) in [4.78, 5) is 18.8. The lowest BCUT2D eigenvalue weighted by Crippen LogP contribution is -2.53. The number of aromatic nitrogens is 1. The fraction of sp³-hybridized carbons (Fsp3) is 0.600. The molecule has 1 aromatic heterocycles. The second-order valence-electron chi connectivity index (χ2n) is 6.15. The molecule has 0 spiro atoms. The highest BCUT2D eigenvalue weighted by Crippen LogP contribution is 2.39. The maximum absolute atomic E-state index is 12.6.